The summed E-state index contributed by atoms with van der Waals surface area (Å²) < 4.78 is 45.8. The fourth-order valence-electron chi connectivity index (χ4n) is 2.71. The Morgan fingerprint density at radius 1 is 1.20 bits per heavy atom. The highest BCUT2D eigenvalue weighted by atomic mass is 19.4. The van der Waals surface area contributed by atoms with E-state index in [-0.39, 0.29) is 23.7 Å². The highest BCUT2D eigenvalue weighted by molar-refractivity contribution is 6.00. The molecule has 2 aromatic heterocycles. The molecule has 3 rings (SSSR count). The van der Waals surface area contributed by atoms with Gasteiger partial charge in [-0.25, -0.2) is 9.48 Å². The number of aromatic nitrogens is 4. The predicted molar refractivity (Wildman–Crippen MR) is 100 cm³/mol. The lowest BCUT2D eigenvalue weighted by Crippen LogP contribution is -2.23. The lowest BCUT2D eigenvalue weighted by atomic mass is 10.3. The van der Waals surface area contributed by atoms with E-state index in [0.29, 0.717) is 5.69 Å². The maximum absolute atomic E-state index is 12.8. The number of nitrogens with zero attached hydrogens (tertiary/aromatic N) is 4. The highest BCUT2D eigenvalue weighted by Gasteiger charge is 2.34. The molecule has 0 aliphatic carbocycles. The van der Waals surface area contributed by atoms with Crippen LogP contribution in [0.4, 0.5) is 19.0 Å². The Morgan fingerprint density at radius 3 is 2.50 bits per heavy atom. The first-order valence-corrected chi connectivity index (χ1v) is 8.92. The number of carbonyl (C=O) groups is 2. The number of amides is 1. The Hall–Kier alpha value is -3.63. The smallest absolute Gasteiger partial charge is 0.435 e. The lowest BCUT2D eigenvalue weighted by Gasteiger charge is -2.11. The number of anilines is 1. The Morgan fingerprint density at radius 2 is 1.90 bits per heavy atom. The van der Waals surface area contributed by atoms with Gasteiger partial charge in [0.15, 0.2) is 11.5 Å². The molecule has 0 unspecified atom stereocenters. The second-order valence-corrected chi connectivity index (χ2v) is 6.25. The molecule has 1 amide bonds. The average Bonchev–Trinajstić information content (AvgIpc) is 3.26. The van der Waals surface area contributed by atoms with Crippen molar-refractivity contribution in [3.8, 4) is 5.69 Å². The van der Waals surface area contributed by atoms with Crippen LogP contribution >= 0.6 is 0 Å². The van der Waals surface area contributed by atoms with E-state index in [0.717, 1.165) is 10.7 Å². The molecule has 2 heterocycles. The third-order valence-electron chi connectivity index (χ3n) is 4.09. The van der Waals surface area contributed by atoms with Gasteiger partial charge in [0.1, 0.15) is 12.1 Å². The SMILES string of the molecule is CCOC(=O)c1cnn(-c2ccccc2)c1NC(=O)Cn1nc(C(F)(F)F)cc1C. The van der Waals surface area contributed by atoms with Crippen LogP contribution in [-0.4, -0.2) is 38.0 Å². The Kier molecular flexibility index (Phi) is 5.90. The van der Waals surface area contributed by atoms with E-state index in [2.05, 4.69) is 15.5 Å². The summed E-state index contributed by atoms with van der Waals surface area (Å²) >= 11 is 0. The van der Waals surface area contributed by atoms with E-state index >= 15 is 0 Å². The van der Waals surface area contributed by atoms with Crippen molar-refractivity contribution in [1.29, 1.82) is 0 Å². The molecule has 0 aliphatic heterocycles. The van der Waals surface area contributed by atoms with Crippen LogP contribution in [0.1, 0.15) is 28.7 Å². The standard InChI is InChI=1S/C19H18F3N5O3/c1-3-30-18(29)14-10-23-27(13-7-5-4-6-8-13)17(14)24-16(28)11-26-12(2)9-15(25-26)19(20,21)22/h4-10H,3,11H2,1-2H3,(H,24,28). The van der Waals surface area contributed by atoms with Crippen LogP contribution in [0.15, 0.2) is 42.6 Å². The monoisotopic (exact) mass is 421 g/mol. The van der Waals surface area contributed by atoms with Crippen molar-refractivity contribution in [2.24, 2.45) is 0 Å². The average molecular weight is 421 g/mol. The summed E-state index contributed by atoms with van der Waals surface area (Å²) in [6.45, 7) is 2.68. The van der Waals surface area contributed by atoms with Crippen LogP contribution in [0, 0.1) is 6.92 Å². The molecule has 0 radical (unpaired) electrons. The summed E-state index contributed by atoms with van der Waals surface area (Å²) in [7, 11) is 0. The van der Waals surface area contributed by atoms with Crippen molar-refractivity contribution in [2.45, 2.75) is 26.6 Å². The first kappa shape index (κ1) is 21.1. The maximum Gasteiger partial charge on any atom is 0.435 e. The minimum absolute atomic E-state index is 0.0159. The summed E-state index contributed by atoms with van der Waals surface area (Å²) in [6.07, 6.45) is -3.36. The second-order valence-electron chi connectivity index (χ2n) is 6.25. The molecule has 1 N–H and O–H groups in total. The minimum atomic E-state index is -4.62. The summed E-state index contributed by atoms with van der Waals surface area (Å²) in [6, 6.07) is 9.56. The van der Waals surface area contributed by atoms with Gasteiger partial charge in [-0.2, -0.15) is 23.4 Å². The number of ether oxygens (including phenoxy) is 1. The van der Waals surface area contributed by atoms with Crippen molar-refractivity contribution in [1.82, 2.24) is 19.6 Å². The molecule has 0 fully saturated rings. The number of aryl methyl sites for hydroxylation is 1. The third kappa shape index (κ3) is 4.50. The second kappa shape index (κ2) is 8.39. The quantitative estimate of drug-likeness (QED) is 0.618. The molecule has 0 atom stereocenters. The zero-order valence-electron chi connectivity index (χ0n) is 16.1. The minimum Gasteiger partial charge on any atom is -0.462 e. The van der Waals surface area contributed by atoms with Gasteiger partial charge >= 0.3 is 12.1 Å². The van der Waals surface area contributed by atoms with Crippen LogP contribution in [0.25, 0.3) is 5.69 Å². The number of alkyl halides is 3. The number of para-hydroxylation sites is 1. The fourth-order valence-corrected chi connectivity index (χ4v) is 2.71. The lowest BCUT2D eigenvalue weighted by molar-refractivity contribution is -0.141. The number of rotatable bonds is 6. The van der Waals surface area contributed by atoms with Crippen molar-refractivity contribution in [3.63, 3.8) is 0 Å². The summed E-state index contributed by atoms with van der Waals surface area (Å²) in [5.74, 6) is -1.33. The number of hydrogen-bond acceptors (Lipinski definition) is 5. The molecule has 1 aromatic carbocycles. The van der Waals surface area contributed by atoms with Crippen LogP contribution < -0.4 is 5.32 Å². The van der Waals surface area contributed by atoms with Gasteiger partial charge in [0.05, 0.1) is 18.5 Å². The molecule has 3 aromatic rings. The fraction of sp³-hybridized carbons (Fsp3) is 0.263. The zero-order chi connectivity index (χ0) is 21.9. The molecule has 0 bridgehead atoms. The van der Waals surface area contributed by atoms with Crippen molar-refractivity contribution in [3.05, 3.63) is 59.5 Å². The predicted octanol–water partition coefficient (Wildman–Crippen LogP) is 3.21. The number of carbonyl (C=O) groups excluding carboxylic acids is 2. The van der Waals surface area contributed by atoms with Crippen molar-refractivity contribution < 1.29 is 27.5 Å². The van der Waals surface area contributed by atoms with E-state index < -0.39 is 30.3 Å². The van der Waals surface area contributed by atoms with Gasteiger partial charge in [0.2, 0.25) is 5.91 Å². The number of nitrogens with one attached hydrogen (secondary N) is 1. The molecule has 158 valence electrons. The Balaban J connectivity index is 1.89. The van der Waals surface area contributed by atoms with Crippen LogP contribution in [0.3, 0.4) is 0 Å². The third-order valence-corrected chi connectivity index (χ3v) is 4.09. The van der Waals surface area contributed by atoms with Crippen LogP contribution in [0.5, 0.6) is 0 Å². The number of benzene rings is 1. The topological polar surface area (TPSA) is 91.0 Å². The van der Waals surface area contributed by atoms with Crippen molar-refractivity contribution >= 4 is 17.7 Å². The van der Waals surface area contributed by atoms with E-state index in [1.54, 1.807) is 37.3 Å². The van der Waals surface area contributed by atoms with E-state index in [1.165, 1.54) is 17.8 Å². The molecule has 0 spiro atoms. The zero-order valence-corrected chi connectivity index (χ0v) is 16.1. The number of esters is 1. The molecule has 11 heteroatoms. The summed E-state index contributed by atoms with van der Waals surface area (Å²) in [5, 5.41) is 10.1. The van der Waals surface area contributed by atoms with Gasteiger partial charge < -0.3 is 10.1 Å². The van der Waals surface area contributed by atoms with Crippen molar-refractivity contribution in [2.75, 3.05) is 11.9 Å². The first-order chi connectivity index (χ1) is 14.2. The molecule has 0 saturated carbocycles. The van der Waals surface area contributed by atoms with E-state index in [9.17, 15) is 22.8 Å². The Bertz CT molecular complexity index is 1060. The molecule has 8 nitrogen and oxygen atoms in total. The maximum atomic E-state index is 12.8. The normalized spacial score (nSPS) is 11.4. The van der Waals surface area contributed by atoms with Gasteiger partial charge in [-0.15, -0.1) is 0 Å². The summed E-state index contributed by atoms with van der Waals surface area (Å²) in [5.41, 5.74) is -0.339. The van der Waals surface area contributed by atoms with Crippen LogP contribution in [-0.2, 0) is 22.3 Å². The summed E-state index contributed by atoms with van der Waals surface area (Å²) in [4.78, 5) is 24.8. The first-order valence-electron chi connectivity index (χ1n) is 8.92. The van der Waals surface area contributed by atoms with Gasteiger partial charge in [0, 0.05) is 5.69 Å². The molecular weight excluding hydrogens is 403 g/mol. The largest absolute Gasteiger partial charge is 0.462 e. The molecule has 0 aliphatic rings. The Labute approximate surface area is 169 Å². The van der Waals surface area contributed by atoms with E-state index in [1.807, 2.05) is 0 Å². The van der Waals surface area contributed by atoms with Gasteiger partial charge in [-0.1, -0.05) is 18.2 Å². The molecule has 0 saturated heterocycles. The molecule has 30 heavy (non-hydrogen) atoms. The number of hydrogen-bond donors (Lipinski definition) is 1. The van der Waals surface area contributed by atoms with E-state index in [4.69, 9.17) is 4.74 Å². The molecular formula is C19H18F3N5O3. The highest BCUT2D eigenvalue weighted by Crippen LogP contribution is 2.28. The van der Waals surface area contributed by atoms with Gasteiger partial charge in [0.25, 0.3) is 0 Å². The number of halogens is 3. The van der Waals surface area contributed by atoms with Crippen LogP contribution in [0.2, 0.25) is 0 Å². The van der Waals surface area contributed by atoms with Gasteiger partial charge in [-0.05, 0) is 32.0 Å². The van der Waals surface area contributed by atoms with Gasteiger partial charge in [-0.3, -0.25) is 9.48 Å².